The van der Waals surface area contributed by atoms with E-state index in [2.05, 4.69) is 5.10 Å². The highest BCUT2D eigenvalue weighted by atomic mass is 32.2. The van der Waals surface area contributed by atoms with Gasteiger partial charge in [-0.05, 0) is 24.5 Å². The minimum absolute atomic E-state index is 0.0236. The van der Waals surface area contributed by atoms with Gasteiger partial charge in [-0.2, -0.15) is 5.10 Å². The van der Waals surface area contributed by atoms with Gasteiger partial charge < -0.3 is 4.90 Å². The Morgan fingerprint density at radius 1 is 1.33 bits per heavy atom. The Hall–Kier alpha value is -2.15. The molecule has 7 heteroatoms. The van der Waals surface area contributed by atoms with Crippen LogP contribution in [0, 0.1) is 5.92 Å². The third-order valence-corrected chi connectivity index (χ3v) is 6.13. The van der Waals surface area contributed by atoms with Crippen molar-refractivity contribution < 1.29 is 13.2 Å². The van der Waals surface area contributed by atoms with Crippen LogP contribution in [0.15, 0.2) is 42.7 Å². The van der Waals surface area contributed by atoms with E-state index in [1.54, 1.807) is 22.8 Å². The van der Waals surface area contributed by atoms with Gasteiger partial charge in [-0.15, -0.1) is 0 Å². The van der Waals surface area contributed by atoms with E-state index in [9.17, 15) is 13.2 Å². The molecule has 1 aliphatic rings. The number of carbonyl (C=O) groups excluding carboxylic acids is 1. The van der Waals surface area contributed by atoms with Crippen molar-refractivity contribution in [1.29, 1.82) is 0 Å². The van der Waals surface area contributed by atoms with Gasteiger partial charge in [-0.3, -0.25) is 4.79 Å². The monoisotopic (exact) mass is 347 g/mol. The number of para-hydroxylation sites is 1. The average molecular weight is 347 g/mol. The van der Waals surface area contributed by atoms with Gasteiger partial charge in [0.1, 0.15) is 0 Å². The summed E-state index contributed by atoms with van der Waals surface area (Å²) in [5, 5.41) is 4.32. The second kappa shape index (κ2) is 6.76. The first kappa shape index (κ1) is 16.7. The summed E-state index contributed by atoms with van der Waals surface area (Å²) in [6.45, 7) is 0.463. The summed E-state index contributed by atoms with van der Waals surface area (Å²) in [5.74, 6) is 0.276. The van der Waals surface area contributed by atoms with Crippen LogP contribution in [0.4, 0.5) is 0 Å². The molecule has 0 unspecified atom stereocenters. The van der Waals surface area contributed by atoms with Gasteiger partial charge in [0.2, 0.25) is 5.91 Å². The van der Waals surface area contributed by atoms with E-state index in [-0.39, 0.29) is 23.3 Å². The summed E-state index contributed by atoms with van der Waals surface area (Å²) < 4.78 is 24.7. The SMILES string of the molecule is CN(Cc1cnn(-c2ccccc2)c1)C(=O)C[C@H]1CCS(=O)(=O)C1. The number of amides is 1. The first-order chi connectivity index (χ1) is 11.4. The smallest absolute Gasteiger partial charge is 0.222 e. The van der Waals surface area contributed by atoms with Gasteiger partial charge in [0.15, 0.2) is 9.84 Å². The number of benzene rings is 1. The number of aromatic nitrogens is 2. The molecule has 2 heterocycles. The third-order valence-electron chi connectivity index (χ3n) is 4.29. The molecule has 0 aliphatic carbocycles. The van der Waals surface area contributed by atoms with Crippen LogP contribution in [-0.2, 0) is 21.2 Å². The van der Waals surface area contributed by atoms with Crippen LogP contribution < -0.4 is 0 Å². The Labute approximate surface area is 142 Å². The van der Waals surface area contributed by atoms with Crippen LogP contribution in [0.25, 0.3) is 5.69 Å². The lowest BCUT2D eigenvalue weighted by molar-refractivity contribution is -0.131. The van der Waals surface area contributed by atoms with Crippen LogP contribution >= 0.6 is 0 Å². The second-order valence-electron chi connectivity index (χ2n) is 6.35. The molecule has 1 aromatic heterocycles. The number of carbonyl (C=O) groups is 1. The lowest BCUT2D eigenvalue weighted by atomic mass is 10.0. The van der Waals surface area contributed by atoms with Crippen molar-refractivity contribution in [2.75, 3.05) is 18.6 Å². The van der Waals surface area contributed by atoms with E-state index in [0.717, 1.165) is 11.3 Å². The van der Waals surface area contributed by atoms with Crippen LogP contribution in [0.5, 0.6) is 0 Å². The maximum Gasteiger partial charge on any atom is 0.222 e. The summed E-state index contributed by atoms with van der Waals surface area (Å²) >= 11 is 0. The topological polar surface area (TPSA) is 72.3 Å². The normalized spacial score (nSPS) is 19.3. The largest absolute Gasteiger partial charge is 0.341 e. The molecule has 1 atom stereocenters. The van der Waals surface area contributed by atoms with E-state index in [0.29, 0.717) is 19.4 Å². The molecule has 1 amide bonds. The fourth-order valence-corrected chi connectivity index (χ4v) is 4.82. The first-order valence-corrected chi connectivity index (χ1v) is 9.78. The van der Waals surface area contributed by atoms with E-state index in [1.165, 1.54) is 0 Å². The molecule has 6 nitrogen and oxygen atoms in total. The number of sulfone groups is 1. The van der Waals surface area contributed by atoms with Crippen LogP contribution in [-0.4, -0.2) is 47.6 Å². The fourth-order valence-electron chi connectivity index (χ4n) is 2.96. The molecule has 0 saturated carbocycles. The average Bonchev–Trinajstić information content (AvgIpc) is 3.14. The van der Waals surface area contributed by atoms with Gasteiger partial charge >= 0.3 is 0 Å². The highest BCUT2D eigenvalue weighted by Gasteiger charge is 2.30. The van der Waals surface area contributed by atoms with Crippen molar-refractivity contribution in [3.8, 4) is 5.69 Å². The fraction of sp³-hybridized carbons (Fsp3) is 0.412. The summed E-state index contributed by atoms with van der Waals surface area (Å²) in [6, 6.07) is 9.77. The van der Waals surface area contributed by atoms with Gasteiger partial charge in [0, 0.05) is 31.8 Å². The van der Waals surface area contributed by atoms with E-state index in [1.807, 2.05) is 36.5 Å². The molecule has 24 heavy (non-hydrogen) atoms. The number of hydrogen-bond acceptors (Lipinski definition) is 4. The molecule has 2 aromatic rings. The van der Waals surface area contributed by atoms with Crippen molar-refractivity contribution in [2.45, 2.75) is 19.4 Å². The molecule has 1 aromatic carbocycles. The molecule has 1 saturated heterocycles. The molecular weight excluding hydrogens is 326 g/mol. The Morgan fingerprint density at radius 3 is 2.75 bits per heavy atom. The Kier molecular flexibility index (Phi) is 4.71. The Morgan fingerprint density at radius 2 is 2.08 bits per heavy atom. The van der Waals surface area contributed by atoms with Crippen LogP contribution in [0.1, 0.15) is 18.4 Å². The van der Waals surface area contributed by atoms with Crippen molar-refractivity contribution in [3.63, 3.8) is 0 Å². The summed E-state index contributed by atoms with van der Waals surface area (Å²) in [6.07, 6.45) is 4.53. The molecular formula is C17H21N3O3S. The predicted molar refractivity (Wildman–Crippen MR) is 91.4 cm³/mol. The molecule has 3 rings (SSSR count). The third kappa shape index (κ3) is 4.03. The lowest BCUT2D eigenvalue weighted by Crippen LogP contribution is -2.28. The van der Waals surface area contributed by atoms with E-state index in [4.69, 9.17) is 0 Å². The highest BCUT2D eigenvalue weighted by Crippen LogP contribution is 2.22. The minimum Gasteiger partial charge on any atom is -0.341 e. The summed E-state index contributed by atoms with van der Waals surface area (Å²) in [4.78, 5) is 13.9. The van der Waals surface area contributed by atoms with Crippen molar-refractivity contribution in [1.82, 2.24) is 14.7 Å². The summed E-state index contributed by atoms with van der Waals surface area (Å²) in [5.41, 5.74) is 1.91. The number of hydrogen-bond donors (Lipinski definition) is 0. The van der Waals surface area contributed by atoms with Crippen molar-refractivity contribution in [3.05, 3.63) is 48.3 Å². The minimum atomic E-state index is -2.94. The maximum absolute atomic E-state index is 12.3. The molecule has 0 N–H and O–H groups in total. The zero-order valence-electron chi connectivity index (χ0n) is 13.6. The zero-order chi connectivity index (χ0) is 17.2. The van der Waals surface area contributed by atoms with Gasteiger partial charge in [-0.25, -0.2) is 13.1 Å². The molecule has 128 valence electrons. The zero-order valence-corrected chi connectivity index (χ0v) is 14.4. The Balaban J connectivity index is 1.58. The molecule has 0 radical (unpaired) electrons. The predicted octanol–water partition coefficient (Wildman–Crippen LogP) is 1.66. The molecule has 1 fully saturated rings. The molecule has 1 aliphatic heterocycles. The first-order valence-electron chi connectivity index (χ1n) is 7.96. The van der Waals surface area contributed by atoms with Crippen molar-refractivity contribution >= 4 is 15.7 Å². The van der Waals surface area contributed by atoms with Crippen LogP contribution in [0.2, 0.25) is 0 Å². The molecule has 0 bridgehead atoms. The second-order valence-corrected chi connectivity index (χ2v) is 8.58. The van der Waals surface area contributed by atoms with Gasteiger partial charge in [-0.1, -0.05) is 18.2 Å². The van der Waals surface area contributed by atoms with Crippen molar-refractivity contribution in [2.24, 2.45) is 5.92 Å². The number of rotatable bonds is 5. The Bertz CT molecular complexity index is 815. The maximum atomic E-state index is 12.3. The lowest BCUT2D eigenvalue weighted by Gasteiger charge is -2.18. The van der Waals surface area contributed by atoms with E-state index >= 15 is 0 Å². The standard InChI is InChI=1S/C17H21N3O3S/c1-19(17(21)9-14-7-8-24(22,23)13-14)11-15-10-18-20(12-15)16-5-3-2-4-6-16/h2-6,10,12,14H,7-9,11,13H2,1H3/t14-/m1/s1. The molecule has 0 spiro atoms. The van der Waals surface area contributed by atoms with Crippen LogP contribution in [0.3, 0.4) is 0 Å². The summed E-state index contributed by atoms with van der Waals surface area (Å²) in [7, 11) is -1.20. The van der Waals surface area contributed by atoms with Gasteiger partial charge in [0.05, 0.1) is 23.4 Å². The van der Waals surface area contributed by atoms with Gasteiger partial charge in [0.25, 0.3) is 0 Å². The van der Waals surface area contributed by atoms with E-state index < -0.39 is 9.84 Å². The number of nitrogens with zero attached hydrogens (tertiary/aromatic N) is 3. The quantitative estimate of drug-likeness (QED) is 0.824. The highest BCUT2D eigenvalue weighted by molar-refractivity contribution is 7.91.